The maximum atomic E-state index is 14.8. The van der Waals surface area contributed by atoms with Crippen molar-refractivity contribution in [3.63, 3.8) is 0 Å². The fourth-order valence-corrected chi connectivity index (χ4v) is 4.02. The highest BCUT2D eigenvalue weighted by Gasteiger charge is 2.28. The molecule has 0 spiro atoms. The zero-order valence-corrected chi connectivity index (χ0v) is 20.6. The third-order valence-electron chi connectivity index (χ3n) is 6.03. The maximum absolute atomic E-state index is 14.8. The van der Waals surface area contributed by atoms with Crippen LogP contribution in [0.5, 0.6) is 0 Å². The van der Waals surface area contributed by atoms with Crippen LogP contribution in [0.3, 0.4) is 0 Å². The van der Waals surface area contributed by atoms with Crippen molar-refractivity contribution in [1.82, 2.24) is 5.32 Å². The number of Topliss-reactive ketones (excluding diaryl/α,β-unsaturated/α-hetero) is 1. The summed E-state index contributed by atoms with van der Waals surface area (Å²) in [4.78, 5) is 23.4. The van der Waals surface area contributed by atoms with Gasteiger partial charge < -0.3 is 4.74 Å². The molecule has 0 aromatic rings. The first kappa shape index (κ1) is 28.5. The minimum Gasteiger partial charge on any atom is -0.466 e. The lowest BCUT2D eigenvalue weighted by Gasteiger charge is -2.25. The Morgan fingerprint density at radius 2 is 1.44 bits per heavy atom. The van der Waals surface area contributed by atoms with Gasteiger partial charge in [0.1, 0.15) is 6.42 Å². The van der Waals surface area contributed by atoms with E-state index in [1.165, 1.54) is 89.2 Å². The molecule has 1 aliphatic rings. The third kappa shape index (κ3) is 13.8. The lowest BCUT2D eigenvalue weighted by Crippen LogP contribution is -2.40. The number of hydrogen-bond donors (Lipinski definition) is 1. The van der Waals surface area contributed by atoms with Gasteiger partial charge >= 0.3 is 5.97 Å². The molecular formula is C27H46FNO3. The topological polar surface area (TPSA) is 55.4 Å². The Morgan fingerprint density at radius 1 is 0.906 bits per heavy atom. The van der Waals surface area contributed by atoms with E-state index in [1.807, 2.05) is 0 Å². The van der Waals surface area contributed by atoms with E-state index in [0.29, 0.717) is 12.1 Å². The van der Waals surface area contributed by atoms with Crippen molar-refractivity contribution in [1.29, 1.82) is 0 Å². The van der Waals surface area contributed by atoms with Crippen LogP contribution in [0.15, 0.2) is 23.8 Å². The van der Waals surface area contributed by atoms with Gasteiger partial charge in [-0.15, -0.1) is 0 Å². The van der Waals surface area contributed by atoms with Crippen LogP contribution in [0.2, 0.25) is 0 Å². The van der Waals surface area contributed by atoms with Gasteiger partial charge in [0.2, 0.25) is 0 Å². The van der Waals surface area contributed by atoms with E-state index in [2.05, 4.69) is 12.2 Å². The van der Waals surface area contributed by atoms with E-state index in [9.17, 15) is 14.0 Å². The summed E-state index contributed by atoms with van der Waals surface area (Å²) >= 11 is 0. The molecule has 1 rings (SSSR count). The van der Waals surface area contributed by atoms with E-state index < -0.39 is 11.8 Å². The van der Waals surface area contributed by atoms with Crippen molar-refractivity contribution in [3.05, 3.63) is 23.8 Å². The number of ketones is 1. The Hall–Kier alpha value is -1.49. The minimum atomic E-state index is -1.61. The van der Waals surface area contributed by atoms with E-state index >= 15 is 0 Å². The summed E-state index contributed by atoms with van der Waals surface area (Å²) in [6.07, 6.45) is 22.5. The van der Waals surface area contributed by atoms with Gasteiger partial charge in [0.15, 0.2) is 11.6 Å². The normalized spacial score (nSPS) is 17.9. The molecule has 0 saturated heterocycles. The second kappa shape index (κ2) is 18.0. The second-order valence-corrected chi connectivity index (χ2v) is 8.99. The fourth-order valence-electron chi connectivity index (χ4n) is 4.02. The van der Waals surface area contributed by atoms with Gasteiger partial charge in [0.25, 0.3) is 0 Å². The van der Waals surface area contributed by atoms with Crippen molar-refractivity contribution in [2.45, 2.75) is 122 Å². The van der Waals surface area contributed by atoms with E-state index in [1.54, 1.807) is 13.0 Å². The average Bonchev–Trinajstić information content (AvgIpc) is 2.77. The molecule has 1 aliphatic carbocycles. The van der Waals surface area contributed by atoms with Crippen LogP contribution in [0.4, 0.5) is 4.39 Å². The number of ether oxygens (including phenoxy) is 1. The number of alkyl halides is 1. The monoisotopic (exact) mass is 451 g/mol. The number of carbonyl (C=O) groups excluding carboxylic acids is 2. The second-order valence-electron chi connectivity index (χ2n) is 8.99. The highest BCUT2D eigenvalue weighted by Crippen LogP contribution is 2.24. The Morgan fingerprint density at radius 3 is 1.91 bits per heavy atom. The average molecular weight is 452 g/mol. The Kier molecular flexibility index (Phi) is 16.1. The number of unbranched alkanes of at least 4 members (excludes halogenated alkanes) is 13. The zero-order chi connectivity index (χ0) is 23.5. The molecule has 1 atom stereocenters. The summed E-state index contributed by atoms with van der Waals surface area (Å²) < 4.78 is 19.6. The molecule has 1 unspecified atom stereocenters. The van der Waals surface area contributed by atoms with Gasteiger partial charge in [-0.25, -0.2) is 4.39 Å². The molecule has 4 nitrogen and oxygen atoms in total. The van der Waals surface area contributed by atoms with Crippen molar-refractivity contribution in [2.24, 2.45) is 0 Å². The summed E-state index contributed by atoms with van der Waals surface area (Å²) in [6, 6.07) is 0. The van der Waals surface area contributed by atoms with Crippen LogP contribution in [0, 0.1) is 0 Å². The Balaban J connectivity index is 1.99. The SMILES string of the molecule is CCCCCCCCCCCCCCCCNC1(F)C=CC(C(=O)CC(=O)OCC)=CC1. The molecule has 0 aliphatic heterocycles. The third-order valence-corrected chi connectivity index (χ3v) is 6.03. The minimum absolute atomic E-state index is 0.103. The lowest BCUT2D eigenvalue weighted by molar-refractivity contribution is -0.144. The largest absolute Gasteiger partial charge is 0.466 e. The highest BCUT2D eigenvalue weighted by molar-refractivity contribution is 6.07. The summed E-state index contributed by atoms with van der Waals surface area (Å²) in [6.45, 7) is 4.83. The van der Waals surface area contributed by atoms with Gasteiger partial charge in [-0.1, -0.05) is 103 Å². The molecule has 1 N–H and O–H groups in total. The maximum Gasteiger partial charge on any atom is 0.313 e. The van der Waals surface area contributed by atoms with Gasteiger partial charge in [-0.05, 0) is 26.0 Å². The molecule has 0 aromatic carbocycles. The first-order valence-corrected chi connectivity index (χ1v) is 13.0. The molecule has 0 aromatic heterocycles. The number of nitrogens with one attached hydrogen (secondary N) is 1. The predicted molar refractivity (Wildman–Crippen MR) is 130 cm³/mol. The molecule has 0 heterocycles. The van der Waals surface area contributed by atoms with Crippen LogP contribution in [-0.2, 0) is 14.3 Å². The number of halogens is 1. The number of esters is 1. The highest BCUT2D eigenvalue weighted by atomic mass is 19.1. The molecule has 0 fully saturated rings. The van der Waals surface area contributed by atoms with Crippen molar-refractivity contribution in [3.8, 4) is 0 Å². The first-order valence-electron chi connectivity index (χ1n) is 13.0. The van der Waals surface area contributed by atoms with Crippen LogP contribution in [-0.4, -0.2) is 30.7 Å². The Labute approximate surface area is 195 Å². The van der Waals surface area contributed by atoms with Gasteiger partial charge in [0, 0.05) is 12.0 Å². The molecule has 184 valence electrons. The van der Waals surface area contributed by atoms with Crippen molar-refractivity contribution < 1.29 is 18.7 Å². The number of hydrogen-bond acceptors (Lipinski definition) is 4. The van der Waals surface area contributed by atoms with E-state index in [4.69, 9.17) is 4.74 Å². The summed E-state index contributed by atoms with van der Waals surface area (Å²) in [7, 11) is 0. The molecule has 0 radical (unpaired) electrons. The fraction of sp³-hybridized carbons (Fsp3) is 0.778. The molecule has 0 amide bonds. The van der Waals surface area contributed by atoms with Crippen molar-refractivity contribution >= 4 is 11.8 Å². The molecule has 32 heavy (non-hydrogen) atoms. The standard InChI is InChI=1S/C27H46FNO3/c1-3-5-6-7-8-9-10-11-12-13-14-15-16-17-22-29-27(28)20-18-24(19-21-27)25(30)23-26(31)32-4-2/h18-20,29H,3-17,21-23H2,1-2H3. The zero-order valence-electron chi connectivity index (χ0n) is 20.6. The number of rotatable bonds is 20. The van der Waals surface area contributed by atoms with Gasteiger partial charge in [0.05, 0.1) is 6.61 Å². The molecular weight excluding hydrogens is 405 g/mol. The quantitative estimate of drug-likeness (QED) is 0.0925. The molecule has 5 heteroatoms. The summed E-state index contributed by atoms with van der Waals surface area (Å²) in [5, 5.41) is 2.96. The van der Waals surface area contributed by atoms with Crippen LogP contribution >= 0.6 is 0 Å². The summed E-state index contributed by atoms with van der Waals surface area (Å²) in [5.74, 6) is -2.47. The predicted octanol–water partition coefficient (Wildman–Crippen LogP) is 7.13. The van der Waals surface area contributed by atoms with Crippen LogP contribution in [0.1, 0.15) is 117 Å². The van der Waals surface area contributed by atoms with Crippen LogP contribution in [0.25, 0.3) is 0 Å². The van der Waals surface area contributed by atoms with Gasteiger partial charge in [-0.2, -0.15) is 0 Å². The summed E-state index contributed by atoms with van der Waals surface area (Å²) in [5.41, 5.74) is 0.379. The Bertz CT molecular complexity index is 587. The van der Waals surface area contributed by atoms with E-state index in [0.717, 1.165) is 12.8 Å². The smallest absolute Gasteiger partial charge is 0.313 e. The van der Waals surface area contributed by atoms with E-state index in [-0.39, 0.29) is 25.2 Å². The first-order chi connectivity index (χ1) is 15.5. The molecule has 0 bridgehead atoms. The van der Waals surface area contributed by atoms with Crippen LogP contribution < -0.4 is 5.32 Å². The van der Waals surface area contributed by atoms with Gasteiger partial charge in [-0.3, -0.25) is 14.9 Å². The number of carbonyl (C=O) groups is 2. The molecule has 0 saturated carbocycles. The number of allylic oxidation sites excluding steroid dienone is 2. The van der Waals surface area contributed by atoms with Crippen molar-refractivity contribution in [2.75, 3.05) is 13.2 Å². The lowest BCUT2D eigenvalue weighted by atomic mass is 9.97.